The molecule has 3 nitrogen and oxygen atoms in total. The molecule has 1 aromatic heterocycles. The first kappa shape index (κ1) is 10.8. The predicted octanol–water partition coefficient (Wildman–Crippen LogP) is 2.90. The normalized spacial score (nSPS) is 10.1. The molecule has 0 bridgehead atoms. The second kappa shape index (κ2) is 4.86. The molecule has 0 amide bonds. The van der Waals surface area contributed by atoms with Gasteiger partial charge in [0.15, 0.2) is 0 Å². The summed E-state index contributed by atoms with van der Waals surface area (Å²) in [6.07, 6.45) is 1.69. The van der Waals surface area contributed by atoms with Crippen LogP contribution in [-0.2, 0) is 6.61 Å². The van der Waals surface area contributed by atoms with E-state index in [1.54, 1.807) is 24.4 Å². The highest BCUT2D eigenvalue weighted by Gasteiger charge is 1.97. The highest BCUT2D eigenvalue weighted by Crippen LogP contribution is 2.18. The number of anilines is 1. The second-order valence-corrected chi connectivity index (χ2v) is 3.77. The Labute approximate surface area is 98.8 Å². The van der Waals surface area contributed by atoms with Crippen molar-refractivity contribution in [2.75, 3.05) is 5.73 Å². The Bertz CT molecular complexity index is 471. The van der Waals surface area contributed by atoms with Crippen LogP contribution in [0.2, 0.25) is 5.02 Å². The third-order valence-corrected chi connectivity index (χ3v) is 2.28. The molecule has 0 atom stereocenters. The van der Waals surface area contributed by atoms with Gasteiger partial charge in [0.25, 0.3) is 0 Å². The molecule has 82 valence electrons. The van der Waals surface area contributed by atoms with E-state index in [0.29, 0.717) is 17.4 Å². The van der Waals surface area contributed by atoms with Crippen LogP contribution in [-0.4, -0.2) is 4.98 Å². The zero-order chi connectivity index (χ0) is 11.4. The van der Waals surface area contributed by atoms with Gasteiger partial charge in [0, 0.05) is 16.8 Å². The second-order valence-electron chi connectivity index (χ2n) is 3.34. The molecule has 2 rings (SSSR count). The van der Waals surface area contributed by atoms with Crippen LogP contribution in [0, 0.1) is 0 Å². The first-order valence-corrected chi connectivity index (χ1v) is 5.20. The first-order chi connectivity index (χ1) is 7.74. The summed E-state index contributed by atoms with van der Waals surface area (Å²) in [7, 11) is 0. The summed E-state index contributed by atoms with van der Waals surface area (Å²) in [5.41, 5.74) is 6.45. The fraction of sp³-hybridized carbons (Fsp3) is 0.0833. The summed E-state index contributed by atoms with van der Waals surface area (Å²) in [5.74, 6) is 1.25. The number of pyridine rings is 1. The highest BCUT2D eigenvalue weighted by molar-refractivity contribution is 6.30. The first-order valence-electron chi connectivity index (χ1n) is 4.83. The maximum Gasteiger partial charge on any atom is 0.123 e. The lowest BCUT2D eigenvalue weighted by atomic mass is 10.3. The Kier molecular flexibility index (Phi) is 3.27. The van der Waals surface area contributed by atoms with Crippen LogP contribution < -0.4 is 10.5 Å². The average molecular weight is 235 g/mol. The lowest BCUT2D eigenvalue weighted by Crippen LogP contribution is -1.97. The Hall–Kier alpha value is -1.74. The Morgan fingerprint density at radius 2 is 2.12 bits per heavy atom. The van der Waals surface area contributed by atoms with Gasteiger partial charge in [-0.1, -0.05) is 23.7 Å². The predicted molar refractivity (Wildman–Crippen MR) is 64.4 cm³/mol. The molecule has 2 N–H and O–H groups in total. The molecule has 0 saturated carbocycles. The van der Waals surface area contributed by atoms with Gasteiger partial charge in [-0.25, -0.2) is 4.98 Å². The molecular formula is C12H11ClN2O. The number of nitrogens with two attached hydrogens (primary N) is 1. The van der Waals surface area contributed by atoms with Gasteiger partial charge in [-0.15, -0.1) is 0 Å². The van der Waals surface area contributed by atoms with E-state index in [2.05, 4.69) is 4.98 Å². The highest BCUT2D eigenvalue weighted by atomic mass is 35.5. The number of ether oxygens (including phenoxy) is 1. The smallest absolute Gasteiger partial charge is 0.123 e. The number of benzene rings is 1. The number of halogens is 1. The maximum absolute atomic E-state index is 5.84. The van der Waals surface area contributed by atoms with Crippen LogP contribution in [0.3, 0.4) is 0 Å². The van der Waals surface area contributed by atoms with Crippen molar-refractivity contribution in [2.45, 2.75) is 6.61 Å². The van der Waals surface area contributed by atoms with Gasteiger partial charge in [0.05, 0.1) is 0 Å². The zero-order valence-corrected chi connectivity index (χ0v) is 9.32. The topological polar surface area (TPSA) is 48.1 Å². The van der Waals surface area contributed by atoms with E-state index in [0.717, 1.165) is 11.3 Å². The van der Waals surface area contributed by atoms with E-state index in [1.165, 1.54) is 0 Å². The van der Waals surface area contributed by atoms with Crippen molar-refractivity contribution >= 4 is 17.4 Å². The van der Waals surface area contributed by atoms with Gasteiger partial charge in [-0.05, 0) is 24.3 Å². The van der Waals surface area contributed by atoms with Crippen LogP contribution >= 0.6 is 11.6 Å². The third kappa shape index (κ3) is 2.87. The molecule has 1 heterocycles. The van der Waals surface area contributed by atoms with E-state index in [-0.39, 0.29) is 0 Å². The molecule has 0 aliphatic rings. The van der Waals surface area contributed by atoms with Gasteiger partial charge >= 0.3 is 0 Å². The van der Waals surface area contributed by atoms with Gasteiger partial charge in [0.2, 0.25) is 0 Å². The quantitative estimate of drug-likeness (QED) is 0.888. The number of hydrogen-bond acceptors (Lipinski definition) is 3. The summed E-state index contributed by atoms with van der Waals surface area (Å²) in [4.78, 5) is 3.98. The molecule has 2 aromatic rings. The summed E-state index contributed by atoms with van der Waals surface area (Å²) in [5, 5.41) is 0.660. The van der Waals surface area contributed by atoms with Gasteiger partial charge in [0.1, 0.15) is 18.2 Å². The van der Waals surface area contributed by atoms with Crippen molar-refractivity contribution in [3.8, 4) is 5.75 Å². The van der Waals surface area contributed by atoms with E-state index >= 15 is 0 Å². The third-order valence-electron chi connectivity index (χ3n) is 2.05. The van der Waals surface area contributed by atoms with E-state index in [4.69, 9.17) is 22.1 Å². The van der Waals surface area contributed by atoms with E-state index in [9.17, 15) is 0 Å². The van der Waals surface area contributed by atoms with Gasteiger partial charge in [-0.3, -0.25) is 0 Å². The van der Waals surface area contributed by atoms with Crippen LogP contribution in [0.1, 0.15) is 5.56 Å². The molecule has 16 heavy (non-hydrogen) atoms. The number of nitrogens with zero attached hydrogens (tertiary/aromatic N) is 1. The van der Waals surface area contributed by atoms with Crippen LogP contribution in [0.15, 0.2) is 42.6 Å². The summed E-state index contributed by atoms with van der Waals surface area (Å²) in [6, 6.07) is 10.9. The minimum atomic E-state index is 0.452. The molecular weight excluding hydrogens is 224 g/mol. The van der Waals surface area contributed by atoms with E-state index < -0.39 is 0 Å². The monoisotopic (exact) mass is 234 g/mol. The lowest BCUT2D eigenvalue weighted by Gasteiger charge is -2.06. The fourth-order valence-corrected chi connectivity index (χ4v) is 1.43. The maximum atomic E-state index is 5.84. The Balaban J connectivity index is 1.99. The largest absolute Gasteiger partial charge is 0.489 e. The summed E-state index contributed by atoms with van der Waals surface area (Å²) >= 11 is 5.84. The molecule has 0 saturated heterocycles. The Morgan fingerprint density at radius 3 is 2.81 bits per heavy atom. The van der Waals surface area contributed by atoms with Gasteiger partial charge in [-0.2, -0.15) is 0 Å². The molecule has 1 aromatic carbocycles. The zero-order valence-electron chi connectivity index (χ0n) is 8.56. The molecule has 0 aliphatic heterocycles. The number of hydrogen-bond donors (Lipinski definition) is 1. The van der Waals surface area contributed by atoms with Gasteiger partial charge < -0.3 is 10.5 Å². The van der Waals surface area contributed by atoms with Crippen molar-refractivity contribution in [3.63, 3.8) is 0 Å². The summed E-state index contributed by atoms with van der Waals surface area (Å²) < 4.78 is 5.55. The average Bonchev–Trinajstić information content (AvgIpc) is 2.28. The molecule has 0 fully saturated rings. The fourth-order valence-electron chi connectivity index (χ4n) is 1.24. The number of rotatable bonds is 3. The van der Waals surface area contributed by atoms with Crippen LogP contribution in [0.25, 0.3) is 0 Å². The van der Waals surface area contributed by atoms with Crippen molar-refractivity contribution in [2.24, 2.45) is 0 Å². The number of aromatic nitrogens is 1. The lowest BCUT2D eigenvalue weighted by molar-refractivity contribution is 0.306. The van der Waals surface area contributed by atoms with Crippen molar-refractivity contribution in [1.82, 2.24) is 4.98 Å². The summed E-state index contributed by atoms with van der Waals surface area (Å²) in [6.45, 7) is 0.452. The molecule has 0 unspecified atom stereocenters. The molecule has 4 heteroatoms. The number of nitrogen functional groups attached to an aromatic ring is 1. The molecule has 0 radical (unpaired) electrons. The molecule has 0 aliphatic carbocycles. The Morgan fingerprint density at radius 1 is 1.25 bits per heavy atom. The minimum Gasteiger partial charge on any atom is -0.489 e. The van der Waals surface area contributed by atoms with Crippen LogP contribution in [0.4, 0.5) is 5.82 Å². The van der Waals surface area contributed by atoms with Crippen molar-refractivity contribution in [3.05, 3.63) is 53.2 Å². The van der Waals surface area contributed by atoms with Crippen molar-refractivity contribution < 1.29 is 4.74 Å². The standard InChI is InChI=1S/C12H11ClN2O/c13-10-2-1-3-11(6-10)16-8-9-4-5-12(14)15-7-9/h1-7H,8H2,(H2,14,15). The van der Waals surface area contributed by atoms with Crippen molar-refractivity contribution in [1.29, 1.82) is 0 Å². The van der Waals surface area contributed by atoms with Crippen LogP contribution in [0.5, 0.6) is 5.75 Å². The van der Waals surface area contributed by atoms with E-state index in [1.807, 2.05) is 18.2 Å². The minimum absolute atomic E-state index is 0.452. The molecule has 0 spiro atoms. The SMILES string of the molecule is Nc1ccc(COc2cccc(Cl)c2)cn1.